The van der Waals surface area contributed by atoms with Crippen LogP contribution in [0.25, 0.3) is 0 Å². The normalized spacial score (nSPS) is 23.8. The summed E-state index contributed by atoms with van der Waals surface area (Å²) < 4.78 is 8.58. The maximum Gasteiger partial charge on any atom is 0.410 e. The number of hydrogen-bond acceptors (Lipinski definition) is 9. The van der Waals surface area contributed by atoms with Gasteiger partial charge in [-0.05, 0) is 115 Å². The number of hydrogen-bond donors (Lipinski definition) is 3. The first-order valence-electron chi connectivity index (χ1n) is 18.2. The molecule has 3 fully saturated rings. The third-order valence-electron chi connectivity index (χ3n) is 10.8. The molecule has 2 aromatic heterocycles. The first-order chi connectivity index (χ1) is 23.4. The highest BCUT2D eigenvalue weighted by Crippen LogP contribution is 2.49. The largest absolute Gasteiger partial charge is 0.444 e. The first kappa shape index (κ1) is 36.3. The van der Waals surface area contributed by atoms with Crippen molar-refractivity contribution in [3.8, 4) is 0 Å². The molecular formula is C38H55N7O4S. The number of piperidine rings is 1. The number of nitrogens with zero attached hydrogens (tertiary/aromatic N) is 4. The van der Waals surface area contributed by atoms with Gasteiger partial charge in [0.1, 0.15) is 28.3 Å². The van der Waals surface area contributed by atoms with Gasteiger partial charge in [-0.1, -0.05) is 26.8 Å². The lowest BCUT2D eigenvalue weighted by Crippen LogP contribution is -2.57. The van der Waals surface area contributed by atoms with Gasteiger partial charge >= 0.3 is 6.09 Å². The summed E-state index contributed by atoms with van der Waals surface area (Å²) in [6, 6.07) is 9.12. The fourth-order valence-corrected chi connectivity index (χ4v) is 8.64. The summed E-state index contributed by atoms with van der Waals surface area (Å²) in [5, 5.41) is 7.43. The van der Waals surface area contributed by atoms with Gasteiger partial charge in [-0.25, -0.2) is 14.8 Å². The number of carbonyl (C=O) groups is 3. The quantitative estimate of drug-likeness (QED) is 0.293. The summed E-state index contributed by atoms with van der Waals surface area (Å²) in [4.78, 5) is 54.2. The minimum absolute atomic E-state index is 0.00976. The Hall–Kier alpha value is -3.54. The highest BCUT2D eigenvalue weighted by atomic mass is 32.2. The molecule has 1 spiro atoms. The summed E-state index contributed by atoms with van der Waals surface area (Å²) in [5.74, 6) is 1.41. The van der Waals surface area contributed by atoms with E-state index in [0.29, 0.717) is 47.7 Å². The molecule has 4 bridgehead atoms. The van der Waals surface area contributed by atoms with Crippen molar-refractivity contribution in [1.29, 1.82) is 0 Å². The van der Waals surface area contributed by atoms with Crippen molar-refractivity contribution in [2.75, 3.05) is 29.9 Å². The summed E-state index contributed by atoms with van der Waals surface area (Å²) in [7, 11) is 0. The van der Waals surface area contributed by atoms with Crippen LogP contribution in [0.5, 0.6) is 0 Å². The first-order valence-corrected chi connectivity index (χ1v) is 19.0. The fourth-order valence-electron chi connectivity index (χ4n) is 8.05. The van der Waals surface area contributed by atoms with E-state index in [2.05, 4.69) is 54.9 Å². The highest BCUT2D eigenvalue weighted by molar-refractivity contribution is 7.97. The Bertz CT molecular complexity index is 1600. The lowest BCUT2D eigenvalue weighted by molar-refractivity contribution is -0.124. The van der Waals surface area contributed by atoms with Crippen molar-refractivity contribution in [1.82, 2.24) is 24.9 Å². The zero-order chi connectivity index (χ0) is 36.1. The zero-order valence-electron chi connectivity index (χ0n) is 31.0. The van der Waals surface area contributed by atoms with Crippen LogP contribution in [0.3, 0.4) is 0 Å². The maximum atomic E-state index is 14.0. The summed E-state index contributed by atoms with van der Waals surface area (Å²) >= 11 is 1.16. The average molecular weight is 706 g/mol. The van der Waals surface area contributed by atoms with E-state index in [1.807, 2.05) is 56.0 Å². The Morgan fingerprint density at radius 3 is 2.38 bits per heavy atom. The monoisotopic (exact) mass is 705 g/mol. The third-order valence-corrected chi connectivity index (χ3v) is 11.5. The molecular weight excluding hydrogens is 651 g/mol. The predicted molar refractivity (Wildman–Crippen MR) is 197 cm³/mol. The van der Waals surface area contributed by atoms with E-state index in [-0.39, 0.29) is 40.3 Å². The maximum absolute atomic E-state index is 14.0. The number of fused-ring (bicyclic) bond motifs is 6. The molecule has 0 radical (unpaired) electrons. The van der Waals surface area contributed by atoms with Crippen molar-refractivity contribution >= 4 is 41.5 Å². The van der Waals surface area contributed by atoms with Gasteiger partial charge < -0.3 is 25.2 Å². The Kier molecular flexibility index (Phi) is 9.82. The molecule has 2 saturated heterocycles. The van der Waals surface area contributed by atoms with Gasteiger partial charge in [-0.3, -0.25) is 14.3 Å². The minimum Gasteiger partial charge on any atom is -0.444 e. The molecule has 5 heterocycles. The van der Waals surface area contributed by atoms with Crippen LogP contribution in [0, 0.1) is 11.3 Å². The Balaban J connectivity index is 1.16. The standard InChI is InChI=1S/C38H55N7O4S/c1-35(2,3)28-15-13-26-31(41-28)45-23-24(20-37(45,7)8)12-14-27(40-29-10-9-11-30(42-29)50-43-32(26)46)33(47)39-25-21-38(22-25)16-18-44(19-17-38)34(48)49-36(4,5)6/h9-11,13,15,24-25,27H,12,14,16-23H2,1-8H3,(H,39,47)(H,40,42)(H,43,46). The molecule has 3 aliphatic heterocycles. The Morgan fingerprint density at radius 1 is 0.980 bits per heavy atom. The second-order valence-electron chi connectivity index (χ2n) is 17.6. The third kappa shape index (κ3) is 8.16. The molecule has 12 heteroatoms. The lowest BCUT2D eigenvalue weighted by atomic mass is 9.60. The van der Waals surface area contributed by atoms with Crippen LogP contribution in [0.4, 0.5) is 16.4 Å². The van der Waals surface area contributed by atoms with Gasteiger partial charge in [0.25, 0.3) is 5.91 Å². The summed E-state index contributed by atoms with van der Waals surface area (Å²) in [6.45, 7) is 18.7. The molecule has 50 heavy (non-hydrogen) atoms. The smallest absolute Gasteiger partial charge is 0.410 e. The Morgan fingerprint density at radius 2 is 1.70 bits per heavy atom. The molecule has 3 N–H and O–H groups in total. The molecule has 2 aromatic rings. The van der Waals surface area contributed by atoms with Crippen LogP contribution < -0.4 is 20.3 Å². The van der Waals surface area contributed by atoms with Crippen molar-refractivity contribution in [2.24, 2.45) is 11.3 Å². The molecule has 2 unspecified atom stereocenters. The fraction of sp³-hybridized carbons (Fsp3) is 0.658. The van der Waals surface area contributed by atoms with Crippen LogP contribution in [-0.2, 0) is 14.9 Å². The van der Waals surface area contributed by atoms with E-state index in [4.69, 9.17) is 14.7 Å². The van der Waals surface area contributed by atoms with Crippen molar-refractivity contribution in [3.05, 3.63) is 41.6 Å². The van der Waals surface area contributed by atoms with Crippen LogP contribution >= 0.6 is 11.9 Å². The molecule has 11 nitrogen and oxygen atoms in total. The van der Waals surface area contributed by atoms with Crippen molar-refractivity contribution < 1.29 is 19.1 Å². The molecule has 2 atom stereocenters. The van der Waals surface area contributed by atoms with E-state index in [0.717, 1.165) is 62.7 Å². The highest BCUT2D eigenvalue weighted by Gasteiger charge is 2.48. The topological polar surface area (TPSA) is 129 Å². The van der Waals surface area contributed by atoms with Crippen LogP contribution in [-0.4, -0.2) is 75.6 Å². The molecule has 1 aliphatic carbocycles. The van der Waals surface area contributed by atoms with Crippen LogP contribution in [0.1, 0.15) is 116 Å². The number of pyridine rings is 2. The lowest BCUT2D eigenvalue weighted by Gasteiger charge is -2.52. The van der Waals surface area contributed by atoms with Crippen molar-refractivity contribution in [3.63, 3.8) is 0 Å². The van der Waals surface area contributed by atoms with Crippen LogP contribution in [0.2, 0.25) is 0 Å². The van der Waals surface area contributed by atoms with E-state index >= 15 is 0 Å². The number of ether oxygens (including phenoxy) is 1. The number of likely N-dealkylation sites (tertiary alicyclic amines) is 1. The second-order valence-corrected chi connectivity index (χ2v) is 18.4. The number of rotatable bonds is 2. The average Bonchev–Trinajstić information content (AvgIpc) is 3.33. The van der Waals surface area contributed by atoms with Gasteiger partial charge in [0, 0.05) is 54.3 Å². The van der Waals surface area contributed by atoms with Crippen LogP contribution in [0.15, 0.2) is 35.4 Å². The minimum atomic E-state index is -0.505. The van der Waals surface area contributed by atoms with Gasteiger partial charge in [-0.15, -0.1) is 0 Å². The number of carbonyl (C=O) groups excluding carboxylic acids is 3. The predicted octanol–water partition coefficient (Wildman–Crippen LogP) is 6.69. The van der Waals surface area contributed by atoms with Gasteiger partial charge in [0.15, 0.2) is 0 Å². The van der Waals surface area contributed by atoms with Gasteiger partial charge in [0.2, 0.25) is 5.91 Å². The van der Waals surface area contributed by atoms with E-state index in [1.54, 1.807) is 0 Å². The molecule has 272 valence electrons. The zero-order valence-corrected chi connectivity index (χ0v) is 31.8. The summed E-state index contributed by atoms with van der Waals surface area (Å²) in [6.07, 6.45) is 5.88. The Labute approximate surface area is 301 Å². The van der Waals surface area contributed by atoms with Crippen molar-refractivity contribution in [2.45, 2.75) is 134 Å². The van der Waals surface area contributed by atoms with E-state index in [9.17, 15) is 14.4 Å². The molecule has 0 aromatic carbocycles. The second kappa shape index (κ2) is 13.5. The number of aromatic nitrogens is 2. The van der Waals surface area contributed by atoms with E-state index in [1.165, 1.54) is 0 Å². The SMILES string of the molecule is CC(C)(C)OC(=O)N1CCC2(CC1)CC(NC(=O)C1CCC3CN(c4nc(C(C)(C)C)ccc4C(=O)NSc4cccc(n4)N1)C(C)(C)C3)C2. The van der Waals surface area contributed by atoms with E-state index < -0.39 is 11.6 Å². The molecule has 3 amide bonds. The number of amides is 3. The van der Waals surface area contributed by atoms with Gasteiger partial charge in [0.05, 0.1) is 5.56 Å². The number of anilines is 2. The molecule has 6 rings (SSSR count). The molecule has 4 aliphatic rings. The molecule has 1 saturated carbocycles. The number of nitrogens with one attached hydrogen (secondary N) is 3. The van der Waals surface area contributed by atoms with Gasteiger partial charge in [-0.2, -0.15) is 0 Å². The summed E-state index contributed by atoms with van der Waals surface area (Å²) in [5.41, 5.74) is 0.761.